The molecule has 0 bridgehead atoms. The molecule has 1 heterocycles. The van der Waals surface area contributed by atoms with Gasteiger partial charge in [-0.2, -0.15) is 0 Å². The van der Waals surface area contributed by atoms with E-state index >= 15 is 0 Å². The quantitative estimate of drug-likeness (QED) is 0.642. The Kier molecular flexibility index (Phi) is 4.93. The lowest BCUT2D eigenvalue weighted by molar-refractivity contribution is -0.140. The maximum Gasteiger partial charge on any atom is 0.408 e. The average molecular weight is 287 g/mol. The highest BCUT2D eigenvalue weighted by molar-refractivity contribution is 5.83. The molecule has 2 atom stereocenters. The summed E-state index contributed by atoms with van der Waals surface area (Å²) in [7, 11) is 0. The molecule has 1 aliphatic rings. The molecule has 8 heteroatoms. The molecule has 0 spiro atoms. The van der Waals surface area contributed by atoms with Crippen LogP contribution in [0.4, 0.5) is 4.79 Å². The van der Waals surface area contributed by atoms with Crippen LogP contribution in [0.1, 0.15) is 27.2 Å². The number of rotatable bonds is 4. The molecule has 20 heavy (non-hydrogen) atoms. The lowest BCUT2D eigenvalue weighted by Gasteiger charge is -2.24. The zero-order valence-corrected chi connectivity index (χ0v) is 11.9. The molecule has 1 rings (SSSR count). The van der Waals surface area contributed by atoms with Crippen LogP contribution in [0.15, 0.2) is 0 Å². The van der Waals surface area contributed by atoms with E-state index in [2.05, 4.69) is 5.32 Å². The van der Waals surface area contributed by atoms with E-state index in [0.717, 1.165) is 0 Å². The topological polar surface area (TPSA) is 122 Å². The molecule has 0 aliphatic carbocycles. The Morgan fingerprint density at radius 3 is 2.55 bits per heavy atom. The third-order valence-corrected chi connectivity index (χ3v) is 2.64. The summed E-state index contributed by atoms with van der Waals surface area (Å²) >= 11 is 0. The molecule has 2 amide bonds. The van der Waals surface area contributed by atoms with Crippen molar-refractivity contribution < 1.29 is 24.2 Å². The van der Waals surface area contributed by atoms with Gasteiger partial charge in [-0.1, -0.05) is 0 Å². The van der Waals surface area contributed by atoms with Gasteiger partial charge in [-0.3, -0.25) is 4.79 Å². The zero-order chi connectivity index (χ0) is 15.5. The fraction of sp³-hybridized carbons (Fsp3) is 0.750. The van der Waals surface area contributed by atoms with Gasteiger partial charge >= 0.3 is 12.1 Å². The van der Waals surface area contributed by atoms with E-state index in [0.29, 0.717) is 6.54 Å². The van der Waals surface area contributed by atoms with Gasteiger partial charge < -0.3 is 25.8 Å². The Morgan fingerprint density at radius 2 is 2.15 bits per heavy atom. The Bertz CT molecular complexity index is 404. The molecule has 0 aromatic rings. The number of carboxylic acids is 1. The molecule has 1 saturated heterocycles. The lowest BCUT2D eigenvalue weighted by atomic mass is 10.2. The van der Waals surface area contributed by atoms with Crippen LogP contribution in [0.25, 0.3) is 0 Å². The summed E-state index contributed by atoms with van der Waals surface area (Å²) in [6.45, 7) is 5.18. The van der Waals surface area contributed by atoms with Crippen LogP contribution in [0.2, 0.25) is 0 Å². The van der Waals surface area contributed by atoms with Gasteiger partial charge in [0.05, 0.1) is 6.54 Å². The SMILES string of the molecule is CC(C)(C)OC(=O)N[C@@H](CN1CC(N)CC1=O)C(=O)O. The third kappa shape index (κ3) is 5.04. The van der Waals surface area contributed by atoms with E-state index in [4.69, 9.17) is 15.6 Å². The minimum absolute atomic E-state index is 0.124. The van der Waals surface area contributed by atoms with Crippen molar-refractivity contribution in [3.05, 3.63) is 0 Å². The van der Waals surface area contributed by atoms with Crippen LogP contribution in [-0.2, 0) is 14.3 Å². The van der Waals surface area contributed by atoms with Crippen LogP contribution in [0.3, 0.4) is 0 Å². The summed E-state index contributed by atoms with van der Waals surface area (Å²) in [5.41, 5.74) is 4.91. The highest BCUT2D eigenvalue weighted by Crippen LogP contribution is 2.11. The number of carbonyl (C=O) groups excluding carboxylic acids is 2. The molecule has 0 radical (unpaired) electrons. The standard InChI is InChI=1S/C12H21N3O5/c1-12(2,3)20-11(19)14-8(10(17)18)6-15-5-7(13)4-9(15)16/h7-8H,4-6,13H2,1-3H3,(H,14,19)(H,17,18)/t7?,8-/m0/s1. The summed E-state index contributed by atoms with van der Waals surface area (Å²) in [5.74, 6) is -1.45. The van der Waals surface area contributed by atoms with Crippen molar-refractivity contribution in [2.75, 3.05) is 13.1 Å². The molecule has 4 N–H and O–H groups in total. The number of nitrogens with one attached hydrogen (secondary N) is 1. The normalized spacial score (nSPS) is 20.7. The fourth-order valence-corrected chi connectivity index (χ4v) is 1.83. The first-order chi connectivity index (χ1) is 9.08. The molecule has 0 saturated carbocycles. The predicted molar refractivity (Wildman–Crippen MR) is 70.0 cm³/mol. The Balaban J connectivity index is 2.59. The number of nitrogens with zero attached hydrogens (tertiary/aromatic N) is 1. The van der Waals surface area contributed by atoms with Crippen LogP contribution >= 0.6 is 0 Å². The van der Waals surface area contributed by atoms with Crippen molar-refractivity contribution in [3.63, 3.8) is 0 Å². The van der Waals surface area contributed by atoms with Crippen LogP contribution < -0.4 is 11.1 Å². The van der Waals surface area contributed by atoms with Crippen molar-refractivity contribution in [1.82, 2.24) is 10.2 Å². The van der Waals surface area contributed by atoms with Crippen molar-refractivity contribution in [3.8, 4) is 0 Å². The van der Waals surface area contributed by atoms with Gasteiger partial charge in [-0.15, -0.1) is 0 Å². The van der Waals surface area contributed by atoms with E-state index in [1.165, 1.54) is 4.90 Å². The van der Waals surface area contributed by atoms with Gasteiger partial charge in [0.2, 0.25) is 5.91 Å². The predicted octanol–water partition coefficient (Wildman–Crippen LogP) is -0.476. The Morgan fingerprint density at radius 1 is 1.55 bits per heavy atom. The number of hydrogen-bond donors (Lipinski definition) is 3. The molecule has 0 aromatic heterocycles. The molecule has 0 aromatic carbocycles. The number of carbonyl (C=O) groups is 3. The first kappa shape index (κ1) is 16.2. The molecule has 1 fully saturated rings. The third-order valence-electron chi connectivity index (χ3n) is 2.64. The van der Waals surface area contributed by atoms with Crippen LogP contribution in [0, 0.1) is 0 Å². The second kappa shape index (κ2) is 6.08. The molecular formula is C12H21N3O5. The smallest absolute Gasteiger partial charge is 0.408 e. The highest BCUT2D eigenvalue weighted by atomic mass is 16.6. The highest BCUT2D eigenvalue weighted by Gasteiger charge is 2.32. The van der Waals surface area contributed by atoms with Gasteiger partial charge in [0.1, 0.15) is 11.6 Å². The summed E-state index contributed by atoms with van der Waals surface area (Å²) in [6.07, 6.45) is -0.639. The van der Waals surface area contributed by atoms with Gasteiger partial charge in [-0.05, 0) is 20.8 Å². The summed E-state index contributed by atoms with van der Waals surface area (Å²) in [6, 6.07) is -1.52. The summed E-state index contributed by atoms with van der Waals surface area (Å²) < 4.78 is 4.99. The van der Waals surface area contributed by atoms with Crippen LogP contribution in [0.5, 0.6) is 0 Å². The zero-order valence-electron chi connectivity index (χ0n) is 11.9. The number of aliphatic carboxylic acids is 1. The van der Waals surface area contributed by atoms with Crippen molar-refractivity contribution in [1.29, 1.82) is 0 Å². The summed E-state index contributed by atoms with van der Waals surface area (Å²) in [4.78, 5) is 35.6. The van der Waals surface area contributed by atoms with Gasteiger partial charge in [0.25, 0.3) is 0 Å². The van der Waals surface area contributed by atoms with Crippen LogP contribution in [-0.4, -0.2) is 58.8 Å². The Hall–Kier alpha value is -1.83. The van der Waals surface area contributed by atoms with E-state index in [1.807, 2.05) is 0 Å². The Labute approximate surface area is 117 Å². The van der Waals surface area contributed by atoms with E-state index in [-0.39, 0.29) is 24.9 Å². The second-order valence-electron chi connectivity index (χ2n) is 5.80. The molecule has 114 valence electrons. The van der Waals surface area contributed by atoms with Crippen molar-refractivity contribution in [2.24, 2.45) is 5.73 Å². The summed E-state index contributed by atoms with van der Waals surface area (Å²) in [5, 5.41) is 11.3. The average Bonchev–Trinajstić information content (AvgIpc) is 2.53. The lowest BCUT2D eigenvalue weighted by Crippen LogP contribution is -2.50. The number of ether oxygens (including phenoxy) is 1. The first-order valence-corrected chi connectivity index (χ1v) is 6.34. The number of alkyl carbamates (subject to hydrolysis) is 1. The second-order valence-corrected chi connectivity index (χ2v) is 5.80. The number of nitrogens with two attached hydrogens (primary N) is 1. The van der Waals surface area contributed by atoms with E-state index < -0.39 is 23.7 Å². The maximum atomic E-state index is 11.6. The van der Waals surface area contributed by atoms with E-state index in [1.54, 1.807) is 20.8 Å². The number of carboxylic acid groups (broad SMARTS) is 1. The van der Waals surface area contributed by atoms with Gasteiger partial charge in [-0.25, -0.2) is 9.59 Å². The maximum absolute atomic E-state index is 11.6. The minimum Gasteiger partial charge on any atom is -0.480 e. The molecule has 1 unspecified atom stereocenters. The van der Waals surface area contributed by atoms with E-state index in [9.17, 15) is 14.4 Å². The minimum atomic E-state index is -1.23. The molecule has 1 aliphatic heterocycles. The van der Waals surface area contributed by atoms with Gasteiger partial charge in [0, 0.05) is 19.0 Å². The monoisotopic (exact) mass is 287 g/mol. The van der Waals surface area contributed by atoms with Crippen molar-refractivity contribution >= 4 is 18.0 Å². The van der Waals surface area contributed by atoms with Crippen molar-refractivity contribution in [2.45, 2.75) is 44.9 Å². The number of likely N-dealkylation sites (tertiary alicyclic amines) is 1. The van der Waals surface area contributed by atoms with Gasteiger partial charge in [0.15, 0.2) is 0 Å². The molecule has 8 nitrogen and oxygen atoms in total. The number of amides is 2. The number of hydrogen-bond acceptors (Lipinski definition) is 5. The fourth-order valence-electron chi connectivity index (χ4n) is 1.83. The largest absolute Gasteiger partial charge is 0.480 e. The molecular weight excluding hydrogens is 266 g/mol. The first-order valence-electron chi connectivity index (χ1n) is 6.34.